The summed E-state index contributed by atoms with van der Waals surface area (Å²) in [4.78, 5) is 0. The lowest BCUT2D eigenvalue weighted by atomic mass is 9.71. The first-order valence-electron chi connectivity index (χ1n) is 10.7. The van der Waals surface area contributed by atoms with Gasteiger partial charge in [0.15, 0.2) is 0 Å². The highest BCUT2D eigenvalue weighted by Gasteiger charge is 2.39. The predicted octanol–water partition coefficient (Wildman–Crippen LogP) is 6.90. The number of nitrogens with one attached hydrogen (secondary N) is 1. The average Bonchev–Trinajstić information content (AvgIpc) is 2.78. The van der Waals surface area contributed by atoms with Gasteiger partial charge in [0.2, 0.25) is 0 Å². The lowest BCUT2D eigenvalue weighted by Gasteiger charge is -2.42. The molecular formula is C27H33N. The molecule has 0 saturated heterocycles. The number of unbranched alkanes of at least 4 members (excludes halogenated alkanes) is 3. The maximum absolute atomic E-state index is 4.02. The second kappa shape index (κ2) is 10.2. The van der Waals surface area contributed by atoms with E-state index in [0.717, 1.165) is 6.54 Å². The van der Waals surface area contributed by atoms with E-state index >= 15 is 0 Å². The van der Waals surface area contributed by atoms with Gasteiger partial charge in [0.05, 0.1) is 5.54 Å². The molecule has 0 aliphatic rings. The molecule has 1 heteroatoms. The van der Waals surface area contributed by atoms with Gasteiger partial charge in [0, 0.05) is 5.92 Å². The van der Waals surface area contributed by atoms with Crippen LogP contribution in [-0.2, 0) is 5.54 Å². The van der Waals surface area contributed by atoms with Gasteiger partial charge in [0.25, 0.3) is 0 Å². The molecule has 0 spiro atoms. The summed E-state index contributed by atoms with van der Waals surface area (Å²) in [5, 5.41) is 4.02. The fourth-order valence-corrected chi connectivity index (χ4v) is 4.26. The summed E-state index contributed by atoms with van der Waals surface area (Å²) >= 11 is 0. The van der Waals surface area contributed by atoms with Gasteiger partial charge in [-0.05, 0) is 29.7 Å². The molecule has 0 amide bonds. The zero-order valence-corrected chi connectivity index (χ0v) is 17.3. The van der Waals surface area contributed by atoms with Crippen molar-refractivity contribution in [3.8, 4) is 0 Å². The second-order valence-electron chi connectivity index (χ2n) is 7.66. The van der Waals surface area contributed by atoms with E-state index in [-0.39, 0.29) is 5.54 Å². The fraction of sp³-hybridized carbons (Fsp3) is 0.333. The number of rotatable bonds is 10. The molecule has 0 heterocycles. The minimum atomic E-state index is -0.254. The molecule has 3 aromatic carbocycles. The Bertz CT molecular complexity index is 756. The van der Waals surface area contributed by atoms with E-state index < -0.39 is 0 Å². The Morgan fingerprint density at radius 1 is 0.679 bits per heavy atom. The molecule has 146 valence electrons. The summed E-state index contributed by atoms with van der Waals surface area (Å²) in [5.74, 6) is 0.296. The molecular weight excluding hydrogens is 338 g/mol. The van der Waals surface area contributed by atoms with Crippen LogP contribution in [0, 0.1) is 0 Å². The molecule has 0 aromatic heterocycles. The van der Waals surface area contributed by atoms with E-state index in [9.17, 15) is 0 Å². The quantitative estimate of drug-likeness (QED) is 0.382. The molecule has 28 heavy (non-hydrogen) atoms. The van der Waals surface area contributed by atoms with Crippen LogP contribution in [0.2, 0.25) is 0 Å². The van der Waals surface area contributed by atoms with Gasteiger partial charge in [-0.15, -0.1) is 0 Å². The molecule has 1 unspecified atom stereocenters. The number of hydrogen-bond acceptors (Lipinski definition) is 1. The van der Waals surface area contributed by atoms with Crippen LogP contribution < -0.4 is 5.32 Å². The molecule has 0 saturated carbocycles. The molecule has 0 radical (unpaired) electrons. The van der Waals surface area contributed by atoms with Crippen LogP contribution >= 0.6 is 0 Å². The van der Waals surface area contributed by atoms with Gasteiger partial charge in [0.1, 0.15) is 0 Å². The highest BCUT2D eigenvalue weighted by molar-refractivity contribution is 5.43. The van der Waals surface area contributed by atoms with Crippen LogP contribution in [0.4, 0.5) is 0 Å². The third-order valence-corrected chi connectivity index (χ3v) is 5.84. The van der Waals surface area contributed by atoms with Crippen LogP contribution in [-0.4, -0.2) is 6.54 Å². The van der Waals surface area contributed by atoms with Crippen molar-refractivity contribution in [1.82, 2.24) is 5.32 Å². The van der Waals surface area contributed by atoms with E-state index in [2.05, 4.69) is 110 Å². The van der Waals surface area contributed by atoms with Crippen molar-refractivity contribution in [2.75, 3.05) is 6.54 Å². The standard InChI is InChI=1S/C27H33N/c1-3-4-5-15-22-28-27(25-18-11-7-12-19-25,26-20-13-8-14-21-26)23(2)24-16-9-6-10-17-24/h6-14,16-21,23,28H,3-5,15,22H2,1-2H3. The van der Waals surface area contributed by atoms with Crippen LogP contribution in [0.1, 0.15) is 62.1 Å². The maximum Gasteiger partial charge on any atom is 0.0757 e. The number of hydrogen-bond donors (Lipinski definition) is 1. The van der Waals surface area contributed by atoms with Crippen LogP contribution in [0.3, 0.4) is 0 Å². The van der Waals surface area contributed by atoms with E-state index in [1.165, 1.54) is 42.4 Å². The lowest BCUT2D eigenvalue weighted by Crippen LogP contribution is -2.48. The largest absolute Gasteiger partial charge is 0.303 e. The molecule has 0 aliphatic carbocycles. The van der Waals surface area contributed by atoms with Crippen molar-refractivity contribution in [1.29, 1.82) is 0 Å². The molecule has 1 atom stereocenters. The zero-order chi connectivity index (χ0) is 19.7. The summed E-state index contributed by atoms with van der Waals surface area (Å²) in [6.45, 7) is 5.64. The van der Waals surface area contributed by atoms with Gasteiger partial charge in [-0.2, -0.15) is 0 Å². The van der Waals surface area contributed by atoms with Crippen LogP contribution in [0.25, 0.3) is 0 Å². The van der Waals surface area contributed by atoms with E-state index in [1.807, 2.05) is 0 Å². The minimum absolute atomic E-state index is 0.254. The zero-order valence-electron chi connectivity index (χ0n) is 17.3. The molecule has 1 N–H and O–H groups in total. The van der Waals surface area contributed by atoms with Gasteiger partial charge in [-0.3, -0.25) is 0 Å². The summed E-state index contributed by atoms with van der Waals surface area (Å²) < 4.78 is 0. The Balaban J connectivity index is 2.06. The second-order valence-corrected chi connectivity index (χ2v) is 7.66. The summed E-state index contributed by atoms with van der Waals surface area (Å²) in [7, 11) is 0. The average molecular weight is 372 g/mol. The molecule has 0 fully saturated rings. The monoisotopic (exact) mass is 371 g/mol. The summed E-state index contributed by atoms with van der Waals surface area (Å²) in [6, 6.07) is 32.8. The Labute approximate surface area is 170 Å². The molecule has 0 bridgehead atoms. The SMILES string of the molecule is CCCCCCNC(c1ccccc1)(c1ccccc1)C(C)c1ccccc1. The Morgan fingerprint density at radius 3 is 1.68 bits per heavy atom. The van der Waals surface area contributed by atoms with E-state index in [4.69, 9.17) is 0 Å². The Hall–Kier alpha value is -2.38. The van der Waals surface area contributed by atoms with Crippen molar-refractivity contribution < 1.29 is 0 Å². The van der Waals surface area contributed by atoms with E-state index in [0.29, 0.717) is 5.92 Å². The first-order valence-corrected chi connectivity index (χ1v) is 10.7. The van der Waals surface area contributed by atoms with Gasteiger partial charge in [-0.1, -0.05) is 124 Å². The first-order chi connectivity index (χ1) is 13.8. The van der Waals surface area contributed by atoms with Crippen molar-refractivity contribution in [3.63, 3.8) is 0 Å². The third-order valence-electron chi connectivity index (χ3n) is 5.84. The molecule has 3 aromatic rings. The molecule has 0 aliphatic heterocycles. The highest BCUT2D eigenvalue weighted by Crippen LogP contribution is 2.42. The fourth-order valence-electron chi connectivity index (χ4n) is 4.26. The topological polar surface area (TPSA) is 12.0 Å². The molecule has 3 rings (SSSR count). The number of benzene rings is 3. The highest BCUT2D eigenvalue weighted by atomic mass is 15.0. The van der Waals surface area contributed by atoms with Gasteiger partial charge >= 0.3 is 0 Å². The van der Waals surface area contributed by atoms with Crippen molar-refractivity contribution in [2.24, 2.45) is 0 Å². The maximum atomic E-state index is 4.02. The van der Waals surface area contributed by atoms with Gasteiger partial charge in [-0.25, -0.2) is 0 Å². The first kappa shape index (κ1) is 20.4. The Kier molecular flexibility index (Phi) is 7.45. The van der Waals surface area contributed by atoms with Crippen molar-refractivity contribution in [3.05, 3.63) is 108 Å². The van der Waals surface area contributed by atoms with Crippen molar-refractivity contribution >= 4 is 0 Å². The van der Waals surface area contributed by atoms with Crippen LogP contribution in [0.5, 0.6) is 0 Å². The normalized spacial score (nSPS) is 12.6. The smallest absolute Gasteiger partial charge is 0.0757 e. The third kappa shape index (κ3) is 4.54. The van der Waals surface area contributed by atoms with E-state index in [1.54, 1.807) is 0 Å². The summed E-state index contributed by atoms with van der Waals surface area (Å²) in [5.41, 5.74) is 3.76. The predicted molar refractivity (Wildman–Crippen MR) is 121 cm³/mol. The molecule has 1 nitrogen and oxygen atoms in total. The van der Waals surface area contributed by atoms with Gasteiger partial charge < -0.3 is 5.32 Å². The Morgan fingerprint density at radius 2 is 1.18 bits per heavy atom. The van der Waals surface area contributed by atoms with Crippen LogP contribution in [0.15, 0.2) is 91.0 Å². The lowest BCUT2D eigenvalue weighted by molar-refractivity contribution is 0.337. The van der Waals surface area contributed by atoms with Crippen molar-refractivity contribution in [2.45, 2.75) is 51.0 Å². The minimum Gasteiger partial charge on any atom is -0.303 e. The summed E-state index contributed by atoms with van der Waals surface area (Å²) in [6.07, 6.45) is 5.06.